The summed E-state index contributed by atoms with van der Waals surface area (Å²) in [5, 5.41) is 12.7. The van der Waals surface area contributed by atoms with Gasteiger partial charge in [0.1, 0.15) is 11.9 Å². The molecule has 94 valence electrons. The summed E-state index contributed by atoms with van der Waals surface area (Å²) in [5.41, 5.74) is 3.19. The first-order valence-corrected chi connectivity index (χ1v) is 7.01. The number of nitrogens with one attached hydrogen (secondary N) is 1. The van der Waals surface area contributed by atoms with Crippen LogP contribution >= 0.6 is 0 Å². The maximum Gasteiger partial charge on any atom is 0.144 e. The van der Waals surface area contributed by atoms with Gasteiger partial charge >= 0.3 is 0 Å². The third-order valence-electron chi connectivity index (χ3n) is 4.08. The van der Waals surface area contributed by atoms with Crippen LogP contribution in [0.2, 0.25) is 0 Å². The van der Waals surface area contributed by atoms with Gasteiger partial charge < -0.3 is 5.32 Å². The van der Waals surface area contributed by atoms with E-state index in [0.29, 0.717) is 6.04 Å². The summed E-state index contributed by atoms with van der Waals surface area (Å²) in [5.74, 6) is 1.61. The molecule has 18 heavy (non-hydrogen) atoms. The van der Waals surface area contributed by atoms with E-state index in [1.165, 1.54) is 36.9 Å². The number of nitriles is 1. The number of aromatic nitrogens is 1. The molecule has 0 radical (unpaired) electrons. The number of hydrogen-bond donors (Lipinski definition) is 1. The molecule has 0 aromatic carbocycles. The molecule has 0 saturated heterocycles. The monoisotopic (exact) mass is 241 g/mol. The van der Waals surface area contributed by atoms with Gasteiger partial charge in [-0.3, -0.25) is 0 Å². The summed E-state index contributed by atoms with van der Waals surface area (Å²) >= 11 is 0. The van der Waals surface area contributed by atoms with Crippen molar-refractivity contribution in [3.05, 3.63) is 22.9 Å². The van der Waals surface area contributed by atoms with E-state index in [1.54, 1.807) is 0 Å². The van der Waals surface area contributed by atoms with E-state index in [-0.39, 0.29) is 0 Å². The quantitative estimate of drug-likeness (QED) is 0.881. The number of rotatable bonds is 4. The Hall–Kier alpha value is -1.56. The van der Waals surface area contributed by atoms with Gasteiger partial charge in [-0.15, -0.1) is 0 Å². The highest BCUT2D eigenvalue weighted by Gasteiger charge is 2.36. The first-order valence-electron chi connectivity index (χ1n) is 7.01. The van der Waals surface area contributed by atoms with Gasteiger partial charge in [-0.25, -0.2) is 4.98 Å². The van der Waals surface area contributed by atoms with E-state index >= 15 is 0 Å². The molecular weight excluding hydrogens is 222 g/mol. The van der Waals surface area contributed by atoms with Crippen molar-refractivity contribution in [2.45, 2.75) is 51.5 Å². The van der Waals surface area contributed by atoms with Crippen molar-refractivity contribution in [3.63, 3.8) is 0 Å². The maximum atomic E-state index is 9.22. The fourth-order valence-electron chi connectivity index (χ4n) is 2.96. The fraction of sp³-hybridized carbons (Fsp3) is 0.600. The van der Waals surface area contributed by atoms with Crippen LogP contribution in [-0.2, 0) is 12.8 Å². The summed E-state index contributed by atoms with van der Waals surface area (Å²) in [6.07, 6.45) is 7.09. The Kier molecular flexibility index (Phi) is 2.95. The molecule has 0 spiro atoms. The standard InChI is InChI=1S/C15H19N3/c1-2-4-10-8-14(10)18-15-12(9-16)7-11-5-3-6-13(11)17-15/h7,10,14H,2-6,8H2,1H3,(H,17,18). The average Bonchev–Trinajstić information content (AvgIpc) is 2.93. The molecule has 0 bridgehead atoms. The number of pyridine rings is 1. The summed E-state index contributed by atoms with van der Waals surface area (Å²) in [6.45, 7) is 2.23. The summed E-state index contributed by atoms with van der Waals surface area (Å²) in [7, 11) is 0. The van der Waals surface area contributed by atoms with Crippen LogP contribution in [0.3, 0.4) is 0 Å². The van der Waals surface area contributed by atoms with Gasteiger partial charge in [-0.2, -0.15) is 5.26 Å². The van der Waals surface area contributed by atoms with Crippen LogP contribution in [0.1, 0.15) is 49.4 Å². The number of aryl methyl sites for hydroxylation is 2. The van der Waals surface area contributed by atoms with E-state index in [9.17, 15) is 5.26 Å². The van der Waals surface area contributed by atoms with Gasteiger partial charge in [0.25, 0.3) is 0 Å². The van der Waals surface area contributed by atoms with Crippen LogP contribution in [0.4, 0.5) is 5.82 Å². The fourth-order valence-corrected chi connectivity index (χ4v) is 2.96. The highest BCUT2D eigenvalue weighted by atomic mass is 15.1. The first kappa shape index (κ1) is 11.5. The van der Waals surface area contributed by atoms with E-state index in [4.69, 9.17) is 0 Å². The van der Waals surface area contributed by atoms with Crippen LogP contribution < -0.4 is 5.32 Å². The molecule has 1 heterocycles. The Morgan fingerprint density at radius 2 is 2.39 bits per heavy atom. The number of fused-ring (bicyclic) bond motifs is 1. The zero-order chi connectivity index (χ0) is 12.5. The van der Waals surface area contributed by atoms with Crippen molar-refractivity contribution in [2.24, 2.45) is 5.92 Å². The second-order valence-electron chi connectivity index (χ2n) is 5.49. The average molecular weight is 241 g/mol. The zero-order valence-corrected chi connectivity index (χ0v) is 10.9. The Labute approximate surface area is 108 Å². The third kappa shape index (κ3) is 2.08. The molecule has 2 aliphatic carbocycles. The second-order valence-corrected chi connectivity index (χ2v) is 5.49. The lowest BCUT2D eigenvalue weighted by molar-refractivity contribution is 0.692. The Balaban J connectivity index is 1.78. The predicted octanol–water partition coefficient (Wildman–Crippen LogP) is 3.04. The molecule has 1 aromatic heterocycles. The van der Waals surface area contributed by atoms with E-state index in [1.807, 2.05) is 6.07 Å². The van der Waals surface area contributed by atoms with Gasteiger partial charge in [0.05, 0.1) is 5.56 Å². The van der Waals surface area contributed by atoms with Crippen molar-refractivity contribution in [1.29, 1.82) is 5.26 Å². The molecule has 2 unspecified atom stereocenters. The van der Waals surface area contributed by atoms with Gasteiger partial charge in [0.2, 0.25) is 0 Å². The summed E-state index contributed by atoms with van der Waals surface area (Å²) < 4.78 is 0. The molecule has 2 atom stereocenters. The number of hydrogen-bond acceptors (Lipinski definition) is 3. The molecule has 0 amide bonds. The molecule has 3 heteroatoms. The first-order chi connectivity index (χ1) is 8.81. The number of nitrogens with zero attached hydrogens (tertiary/aromatic N) is 2. The Morgan fingerprint density at radius 1 is 1.50 bits per heavy atom. The minimum absolute atomic E-state index is 0.545. The van der Waals surface area contributed by atoms with Gasteiger partial charge in [-0.05, 0) is 49.7 Å². The normalized spacial score (nSPS) is 24.4. The van der Waals surface area contributed by atoms with Gasteiger partial charge in [0, 0.05) is 11.7 Å². The van der Waals surface area contributed by atoms with Gasteiger partial charge in [0.15, 0.2) is 0 Å². The molecule has 1 fully saturated rings. The molecule has 1 saturated carbocycles. The smallest absolute Gasteiger partial charge is 0.144 e. The Morgan fingerprint density at radius 3 is 3.17 bits per heavy atom. The van der Waals surface area contributed by atoms with Crippen molar-refractivity contribution in [1.82, 2.24) is 4.98 Å². The van der Waals surface area contributed by atoms with Crippen molar-refractivity contribution >= 4 is 5.82 Å². The highest BCUT2D eigenvalue weighted by Crippen LogP contribution is 2.38. The van der Waals surface area contributed by atoms with Crippen LogP contribution in [0.15, 0.2) is 6.07 Å². The van der Waals surface area contributed by atoms with Crippen LogP contribution in [0.25, 0.3) is 0 Å². The predicted molar refractivity (Wildman–Crippen MR) is 71.4 cm³/mol. The third-order valence-corrected chi connectivity index (χ3v) is 4.08. The summed E-state index contributed by atoms with van der Waals surface area (Å²) in [4.78, 5) is 4.67. The number of anilines is 1. The molecule has 0 aliphatic heterocycles. The van der Waals surface area contributed by atoms with Crippen molar-refractivity contribution in [3.8, 4) is 6.07 Å². The SMILES string of the molecule is CCCC1CC1Nc1nc2c(cc1C#N)CCC2. The van der Waals surface area contributed by atoms with Gasteiger partial charge in [-0.1, -0.05) is 13.3 Å². The molecule has 3 rings (SSSR count). The minimum Gasteiger partial charge on any atom is -0.366 e. The lowest BCUT2D eigenvalue weighted by Crippen LogP contribution is -2.09. The Bertz CT molecular complexity index is 501. The zero-order valence-electron chi connectivity index (χ0n) is 10.9. The summed E-state index contributed by atoms with van der Waals surface area (Å²) in [6, 6.07) is 4.86. The molecule has 1 N–H and O–H groups in total. The largest absolute Gasteiger partial charge is 0.366 e. The lowest BCUT2D eigenvalue weighted by atomic mass is 10.1. The topological polar surface area (TPSA) is 48.7 Å². The maximum absolute atomic E-state index is 9.22. The van der Waals surface area contributed by atoms with Crippen LogP contribution in [0, 0.1) is 17.2 Å². The minimum atomic E-state index is 0.545. The highest BCUT2D eigenvalue weighted by molar-refractivity contribution is 5.56. The van der Waals surface area contributed by atoms with E-state index in [0.717, 1.165) is 30.1 Å². The molecule has 1 aromatic rings. The van der Waals surface area contributed by atoms with Crippen LogP contribution in [0.5, 0.6) is 0 Å². The van der Waals surface area contributed by atoms with E-state index in [2.05, 4.69) is 23.3 Å². The molecular formula is C15H19N3. The van der Waals surface area contributed by atoms with Crippen molar-refractivity contribution in [2.75, 3.05) is 5.32 Å². The lowest BCUT2D eigenvalue weighted by Gasteiger charge is -2.09. The second kappa shape index (κ2) is 4.61. The molecule has 2 aliphatic rings. The van der Waals surface area contributed by atoms with Crippen LogP contribution in [-0.4, -0.2) is 11.0 Å². The molecule has 3 nitrogen and oxygen atoms in total. The van der Waals surface area contributed by atoms with E-state index < -0.39 is 0 Å². The van der Waals surface area contributed by atoms with Crippen molar-refractivity contribution < 1.29 is 0 Å².